The maximum Gasteiger partial charge on any atom is 0.194 e. The van der Waals surface area contributed by atoms with Gasteiger partial charge in [-0.25, -0.2) is 0 Å². The number of nitrogens with one attached hydrogen (secondary N) is 1. The van der Waals surface area contributed by atoms with Gasteiger partial charge in [-0.3, -0.25) is 14.6 Å². The Kier molecular flexibility index (Phi) is 7.13. The van der Waals surface area contributed by atoms with Crippen molar-refractivity contribution in [3.8, 4) is 0 Å². The number of aliphatic imine (C=N–C) groups is 1. The number of hydrogen-bond acceptors (Lipinski definition) is 4. The lowest BCUT2D eigenvalue weighted by Gasteiger charge is -2.36. The number of guanidine groups is 1. The predicted octanol–water partition coefficient (Wildman–Crippen LogP) is 1.88. The molecule has 0 aliphatic carbocycles. The Morgan fingerprint density at radius 2 is 2.15 bits per heavy atom. The summed E-state index contributed by atoms with van der Waals surface area (Å²) < 4.78 is 7.81. The molecule has 0 radical (unpaired) electrons. The van der Waals surface area contributed by atoms with Crippen molar-refractivity contribution < 1.29 is 4.74 Å². The smallest absolute Gasteiger partial charge is 0.194 e. The van der Waals surface area contributed by atoms with Crippen LogP contribution in [0.4, 0.5) is 0 Å². The first kappa shape index (κ1) is 20.1. The third-order valence-electron chi connectivity index (χ3n) is 5.74. The average Bonchev–Trinajstić information content (AvgIpc) is 3.12. The number of aryl methyl sites for hydroxylation is 1. The van der Waals surface area contributed by atoms with Crippen LogP contribution in [0.5, 0.6) is 0 Å². The second-order valence-electron chi connectivity index (χ2n) is 8.01. The highest BCUT2D eigenvalue weighted by atomic mass is 16.5. The van der Waals surface area contributed by atoms with Crippen molar-refractivity contribution in [3.05, 3.63) is 18.0 Å². The molecule has 2 unspecified atom stereocenters. The number of nitrogens with zero attached hydrogens (tertiary/aromatic N) is 5. The molecule has 7 nitrogen and oxygen atoms in total. The molecule has 2 aliphatic heterocycles. The molecular weight excluding hydrogens is 340 g/mol. The zero-order valence-corrected chi connectivity index (χ0v) is 17.4. The number of ether oxygens (including phenoxy) is 1. The van der Waals surface area contributed by atoms with Crippen LogP contribution in [0.1, 0.15) is 45.3 Å². The first-order valence-corrected chi connectivity index (χ1v) is 10.4. The first-order chi connectivity index (χ1) is 13.1. The van der Waals surface area contributed by atoms with Gasteiger partial charge in [-0.2, -0.15) is 5.10 Å². The minimum Gasteiger partial charge on any atom is -0.370 e. The van der Waals surface area contributed by atoms with Crippen molar-refractivity contribution in [2.24, 2.45) is 18.0 Å². The molecule has 2 saturated heterocycles. The molecule has 152 valence electrons. The largest absolute Gasteiger partial charge is 0.370 e. The molecule has 0 spiro atoms. The molecule has 1 aromatic rings. The SMILES string of the molecule is CCNC(=NCC(C)N1CCC(C)CC1)N1CCOC(c2cnn(C)c2)C1. The van der Waals surface area contributed by atoms with E-state index in [4.69, 9.17) is 9.73 Å². The van der Waals surface area contributed by atoms with Crippen LogP contribution in [-0.2, 0) is 11.8 Å². The number of morpholine rings is 1. The van der Waals surface area contributed by atoms with E-state index in [2.05, 4.69) is 41.0 Å². The maximum atomic E-state index is 5.98. The summed E-state index contributed by atoms with van der Waals surface area (Å²) in [6.45, 7) is 13.3. The van der Waals surface area contributed by atoms with E-state index in [1.54, 1.807) is 0 Å². The van der Waals surface area contributed by atoms with Crippen LogP contribution in [0.25, 0.3) is 0 Å². The van der Waals surface area contributed by atoms with Crippen molar-refractivity contribution in [2.75, 3.05) is 45.9 Å². The van der Waals surface area contributed by atoms with Gasteiger partial charge in [-0.1, -0.05) is 6.92 Å². The van der Waals surface area contributed by atoms with E-state index in [0.29, 0.717) is 12.6 Å². The molecule has 1 N–H and O–H groups in total. The van der Waals surface area contributed by atoms with Crippen LogP contribution in [0, 0.1) is 5.92 Å². The molecule has 0 aromatic carbocycles. The molecule has 1 aromatic heterocycles. The van der Waals surface area contributed by atoms with Crippen molar-refractivity contribution in [3.63, 3.8) is 0 Å². The lowest BCUT2D eigenvalue weighted by molar-refractivity contribution is -0.00808. The van der Waals surface area contributed by atoms with Gasteiger partial charge in [0.2, 0.25) is 0 Å². The molecule has 2 aliphatic rings. The molecule has 27 heavy (non-hydrogen) atoms. The van der Waals surface area contributed by atoms with Gasteiger partial charge in [0.1, 0.15) is 6.10 Å². The van der Waals surface area contributed by atoms with E-state index in [-0.39, 0.29) is 6.10 Å². The number of aromatic nitrogens is 2. The summed E-state index contributed by atoms with van der Waals surface area (Å²) in [6, 6.07) is 0.487. The standard InChI is InChI=1S/C20H36N6O/c1-5-21-20(22-12-17(3)25-8-6-16(2)7-9-25)26-10-11-27-19(15-26)18-13-23-24(4)14-18/h13-14,16-17,19H,5-12,15H2,1-4H3,(H,21,22). The average molecular weight is 377 g/mol. The Hall–Kier alpha value is -1.60. The highest BCUT2D eigenvalue weighted by Gasteiger charge is 2.26. The zero-order valence-electron chi connectivity index (χ0n) is 17.4. The van der Waals surface area contributed by atoms with Gasteiger partial charge in [0.15, 0.2) is 5.96 Å². The lowest BCUT2D eigenvalue weighted by Crippen LogP contribution is -2.49. The second kappa shape index (κ2) is 9.55. The number of rotatable bonds is 5. The van der Waals surface area contributed by atoms with Crippen molar-refractivity contribution in [1.29, 1.82) is 0 Å². The fourth-order valence-electron chi connectivity index (χ4n) is 3.88. The highest BCUT2D eigenvalue weighted by molar-refractivity contribution is 5.80. The fraction of sp³-hybridized carbons (Fsp3) is 0.800. The third-order valence-corrected chi connectivity index (χ3v) is 5.74. The van der Waals surface area contributed by atoms with Crippen molar-refractivity contribution in [1.82, 2.24) is 24.9 Å². The number of hydrogen-bond donors (Lipinski definition) is 1. The summed E-state index contributed by atoms with van der Waals surface area (Å²) in [4.78, 5) is 9.90. The van der Waals surface area contributed by atoms with Crippen molar-refractivity contribution in [2.45, 2.75) is 45.8 Å². The van der Waals surface area contributed by atoms with Crippen LogP contribution in [0.2, 0.25) is 0 Å². The molecule has 3 heterocycles. The molecular formula is C20H36N6O. The minimum absolute atomic E-state index is 0.0531. The van der Waals surface area contributed by atoms with E-state index in [0.717, 1.165) is 43.6 Å². The normalized spacial score (nSPS) is 24.2. The first-order valence-electron chi connectivity index (χ1n) is 10.4. The fourth-order valence-corrected chi connectivity index (χ4v) is 3.88. The summed E-state index contributed by atoms with van der Waals surface area (Å²) >= 11 is 0. The molecule has 7 heteroatoms. The van der Waals surface area contributed by atoms with E-state index < -0.39 is 0 Å². The highest BCUT2D eigenvalue weighted by Crippen LogP contribution is 2.22. The molecule has 0 saturated carbocycles. The van der Waals surface area contributed by atoms with E-state index in [1.807, 2.05) is 24.1 Å². The molecule has 3 rings (SSSR count). The quantitative estimate of drug-likeness (QED) is 0.628. The Morgan fingerprint density at radius 1 is 1.37 bits per heavy atom. The summed E-state index contributed by atoms with van der Waals surface area (Å²) in [5, 5.41) is 7.76. The Morgan fingerprint density at radius 3 is 2.81 bits per heavy atom. The lowest BCUT2D eigenvalue weighted by atomic mass is 9.98. The maximum absolute atomic E-state index is 5.98. The van der Waals surface area contributed by atoms with Gasteiger partial charge in [0.25, 0.3) is 0 Å². The number of likely N-dealkylation sites (tertiary alicyclic amines) is 1. The Bertz CT molecular complexity index is 607. The van der Waals surface area contributed by atoms with Crippen LogP contribution in [0.3, 0.4) is 0 Å². The topological polar surface area (TPSA) is 57.9 Å². The molecule has 0 amide bonds. The Labute approximate surface area is 163 Å². The van der Waals surface area contributed by atoms with Gasteiger partial charge in [-0.05, 0) is 45.7 Å². The predicted molar refractivity (Wildman–Crippen MR) is 109 cm³/mol. The monoisotopic (exact) mass is 376 g/mol. The van der Waals surface area contributed by atoms with Crippen LogP contribution < -0.4 is 5.32 Å². The van der Waals surface area contributed by atoms with E-state index >= 15 is 0 Å². The summed E-state index contributed by atoms with van der Waals surface area (Å²) in [6.07, 6.45) is 6.61. The van der Waals surface area contributed by atoms with Crippen LogP contribution in [0.15, 0.2) is 17.4 Å². The van der Waals surface area contributed by atoms with Crippen LogP contribution >= 0.6 is 0 Å². The number of piperidine rings is 1. The summed E-state index contributed by atoms with van der Waals surface area (Å²) in [5.74, 6) is 1.87. The second-order valence-corrected chi connectivity index (χ2v) is 8.01. The summed E-state index contributed by atoms with van der Waals surface area (Å²) in [7, 11) is 1.94. The van der Waals surface area contributed by atoms with Crippen LogP contribution in [-0.4, -0.2) is 77.5 Å². The Balaban J connectivity index is 1.60. The molecule has 0 bridgehead atoms. The molecule has 2 atom stereocenters. The van der Waals surface area contributed by atoms with Crippen molar-refractivity contribution >= 4 is 5.96 Å². The van der Waals surface area contributed by atoms with Gasteiger partial charge < -0.3 is 15.0 Å². The van der Waals surface area contributed by atoms with E-state index in [9.17, 15) is 0 Å². The summed E-state index contributed by atoms with van der Waals surface area (Å²) in [5.41, 5.74) is 1.13. The van der Waals surface area contributed by atoms with Gasteiger partial charge >= 0.3 is 0 Å². The van der Waals surface area contributed by atoms with Gasteiger partial charge in [0.05, 0.1) is 25.9 Å². The van der Waals surface area contributed by atoms with E-state index in [1.165, 1.54) is 25.9 Å². The minimum atomic E-state index is 0.0531. The third kappa shape index (κ3) is 5.45. The zero-order chi connectivity index (χ0) is 19.2. The van der Waals surface area contributed by atoms with Gasteiger partial charge in [-0.15, -0.1) is 0 Å². The molecule has 2 fully saturated rings. The van der Waals surface area contributed by atoms with Gasteiger partial charge in [0, 0.05) is 37.9 Å².